The Morgan fingerprint density at radius 2 is 2.05 bits per heavy atom. The van der Waals surface area contributed by atoms with Gasteiger partial charge in [-0.1, -0.05) is 23.7 Å². The zero-order valence-corrected chi connectivity index (χ0v) is 12.6. The molecular weight excluding hydrogens is 310 g/mol. The highest BCUT2D eigenvalue weighted by atomic mass is 35.5. The van der Waals surface area contributed by atoms with Crippen molar-refractivity contribution in [2.45, 2.75) is 19.8 Å². The molecule has 0 amide bonds. The fourth-order valence-corrected chi connectivity index (χ4v) is 2.67. The van der Waals surface area contributed by atoms with Gasteiger partial charge in [-0.2, -0.15) is 0 Å². The highest BCUT2D eigenvalue weighted by Gasteiger charge is 2.24. The zero-order valence-electron chi connectivity index (χ0n) is 11.9. The molecule has 1 N–H and O–H groups in total. The van der Waals surface area contributed by atoms with E-state index in [-0.39, 0.29) is 5.69 Å². The molecule has 1 aromatic carbocycles. The molecule has 22 heavy (non-hydrogen) atoms. The molecule has 2 aromatic rings. The molecule has 6 nitrogen and oxygen atoms in total. The van der Waals surface area contributed by atoms with E-state index in [4.69, 9.17) is 30.7 Å². The standard InChI is InChI=1S/C15H14ClNO5/c1-2-8-9(12-7-11(15(18)19)17-22-12)6-10(16)14-13(8)20-4-3-5-21-14/h6-7H,2-5H2,1H3,(H,18,19). The molecule has 0 bridgehead atoms. The topological polar surface area (TPSA) is 81.8 Å². The SMILES string of the molecule is CCc1c(-c2cc(C(=O)O)no2)cc(Cl)c2c1OCCCO2. The lowest BCUT2D eigenvalue weighted by atomic mass is 10.0. The van der Waals surface area contributed by atoms with Gasteiger partial charge in [0.05, 0.1) is 18.2 Å². The number of carboxylic acid groups (broad SMARTS) is 1. The molecule has 0 fully saturated rings. The summed E-state index contributed by atoms with van der Waals surface area (Å²) in [5.74, 6) is 0.314. The minimum absolute atomic E-state index is 0.153. The van der Waals surface area contributed by atoms with Crippen LogP contribution in [0.15, 0.2) is 16.7 Å². The number of hydrogen-bond donors (Lipinski definition) is 1. The predicted octanol–water partition coefficient (Wildman–Crippen LogP) is 3.42. The minimum atomic E-state index is -1.14. The molecule has 0 radical (unpaired) electrons. The molecule has 1 aliphatic rings. The summed E-state index contributed by atoms with van der Waals surface area (Å²) in [6.45, 7) is 3.05. The Bertz CT molecular complexity index is 725. The van der Waals surface area contributed by atoms with Crippen molar-refractivity contribution in [3.05, 3.63) is 28.4 Å². The van der Waals surface area contributed by atoms with E-state index in [1.165, 1.54) is 6.07 Å². The number of benzene rings is 1. The molecule has 0 unspecified atom stereocenters. The van der Waals surface area contributed by atoms with Crippen molar-refractivity contribution < 1.29 is 23.9 Å². The number of carbonyl (C=O) groups is 1. The number of halogens is 1. The lowest BCUT2D eigenvalue weighted by molar-refractivity contribution is 0.0686. The Kier molecular flexibility index (Phi) is 3.94. The maximum Gasteiger partial charge on any atom is 0.358 e. The van der Waals surface area contributed by atoms with E-state index in [1.807, 2.05) is 6.92 Å². The van der Waals surface area contributed by atoms with Crippen LogP contribution in [0.5, 0.6) is 11.5 Å². The van der Waals surface area contributed by atoms with Crippen molar-refractivity contribution in [1.29, 1.82) is 0 Å². The van der Waals surface area contributed by atoms with E-state index in [9.17, 15) is 4.79 Å². The first-order valence-corrected chi connectivity index (χ1v) is 7.31. The Morgan fingerprint density at radius 3 is 2.68 bits per heavy atom. The second kappa shape index (κ2) is 5.88. The third-order valence-electron chi connectivity index (χ3n) is 3.42. The first kappa shape index (κ1) is 14.7. The third kappa shape index (κ3) is 2.50. The summed E-state index contributed by atoms with van der Waals surface area (Å²) in [6, 6.07) is 3.07. The Labute approximate surface area is 131 Å². The summed E-state index contributed by atoms with van der Waals surface area (Å²) in [4.78, 5) is 11.0. The number of ether oxygens (including phenoxy) is 2. The molecule has 2 heterocycles. The first-order valence-electron chi connectivity index (χ1n) is 6.93. The van der Waals surface area contributed by atoms with E-state index in [1.54, 1.807) is 6.07 Å². The fraction of sp³-hybridized carbons (Fsp3) is 0.333. The predicted molar refractivity (Wildman–Crippen MR) is 78.9 cm³/mol. The molecular formula is C15H14ClNO5. The number of fused-ring (bicyclic) bond motifs is 1. The van der Waals surface area contributed by atoms with Gasteiger partial charge in [0.2, 0.25) is 0 Å². The zero-order chi connectivity index (χ0) is 15.7. The van der Waals surface area contributed by atoms with Crippen molar-refractivity contribution in [2.75, 3.05) is 13.2 Å². The maximum atomic E-state index is 11.0. The second-order valence-corrected chi connectivity index (χ2v) is 5.24. The van der Waals surface area contributed by atoms with Crippen molar-refractivity contribution in [3.8, 4) is 22.8 Å². The summed E-state index contributed by atoms with van der Waals surface area (Å²) < 4.78 is 16.6. The fourth-order valence-electron chi connectivity index (χ4n) is 2.42. The molecule has 0 spiro atoms. The average molecular weight is 324 g/mol. The number of nitrogens with zero attached hydrogens (tertiary/aromatic N) is 1. The smallest absolute Gasteiger partial charge is 0.358 e. The van der Waals surface area contributed by atoms with Gasteiger partial charge < -0.3 is 19.1 Å². The van der Waals surface area contributed by atoms with Gasteiger partial charge in [-0.05, 0) is 12.5 Å². The van der Waals surface area contributed by atoms with E-state index in [0.29, 0.717) is 47.5 Å². The summed E-state index contributed by atoms with van der Waals surface area (Å²) in [7, 11) is 0. The number of aromatic nitrogens is 1. The van der Waals surface area contributed by atoms with Gasteiger partial charge in [0.1, 0.15) is 0 Å². The lowest BCUT2D eigenvalue weighted by Gasteiger charge is -2.16. The summed E-state index contributed by atoms with van der Waals surface area (Å²) in [5.41, 5.74) is 1.37. The Hall–Kier alpha value is -2.21. The van der Waals surface area contributed by atoms with Crippen molar-refractivity contribution in [1.82, 2.24) is 5.16 Å². The summed E-state index contributed by atoms with van der Waals surface area (Å²) in [6.07, 6.45) is 1.43. The number of rotatable bonds is 3. The van der Waals surface area contributed by atoms with E-state index < -0.39 is 5.97 Å². The molecule has 0 aliphatic carbocycles. The molecule has 116 valence electrons. The number of hydrogen-bond acceptors (Lipinski definition) is 5. The molecule has 1 aromatic heterocycles. The van der Waals surface area contributed by atoms with Crippen LogP contribution >= 0.6 is 11.6 Å². The van der Waals surface area contributed by atoms with Crippen LogP contribution in [0, 0.1) is 0 Å². The maximum absolute atomic E-state index is 11.0. The van der Waals surface area contributed by atoms with Crippen LogP contribution in [0.25, 0.3) is 11.3 Å². The van der Waals surface area contributed by atoms with Crippen molar-refractivity contribution in [3.63, 3.8) is 0 Å². The lowest BCUT2D eigenvalue weighted by Crippen LogP contribution is -1.99. The van der Waals surface area contributed by atoms with Gasteiger partial charge in [-0.3, -0.25) is 0 Å². The van der Waals surface area contributed by atoms with Gasteiger partial charge in [0, 0.05) is 23.6 Å². The molecule has 3 rings (SSSR count). The van der Waals surface area contributed by atoms with Crippen molar-refractivity contribution >= 4 is 17.6 Å². The van der Waals surface area contributed by atoms with Crippen LogP contribution in [0.2, 0.25) is 5.02 Å². The highest BCUT2D eigenvalue weighted by Crippen LogP contribution is 2.45. The van der Waals surface area contributed by atoms with Crippen LogP contribution in [-0.4, -0.2) is 29.4 Å². The average Bonchev–Trinajstić information content (AvgIpc) is 2.86. The normalized spacial score (nSPS) is 13.7. The van der Waals surface area contributed by atoms with E-state index >= 15 is 0 Å². The number of carboxylic acids is 1. The molecule has 1 aliphatic heterocycles. The second-order valence-electron chi connectivity index (χ2n) is 4.83. The van der Waals surface area contributed by atoms with Crippen LogP contribution in [-0.2, 0) is 6.42 Å². The van der Waals surface area contributed by atoms with Gasteiger partial charge in [0.25, 0.3) is 0 Å². The minimum Gasteiger partial charge on any atom is -0.489 e. The monoisotopic (exact) mass is 323 g/mol. The first-order chi connectivity index (χ1) is 10.6. The molecule has 0 saturated heterocycles. The Balaban J connectivity index is 2.16. The molecule has 7 heteroatoms. The summed E-state index contributed by atoms with van der Waals surface area (Å²) >= 11 is 6.28. The third-order valence-corrected chi connectivity index (χ3v) is 3.70. The van der Waals surface area contributed by atoms with E-state index in [2.05, 4.69) is 5.16 Å². The summed E-state index contributed by atoms with van der Waals surface area (Å²) in [5, 5.41) is 12.9. The number of aromatic carboxylic acids is 1. The van der Waals surface area contributed by atoms with Crippen molar-refractivity contribution in [2.24, 2.45) is 0 Å². The van der Waals surface area contributed by atoms with Crippen LogP contribution in [0.1, 0.15) is 29.4 Å². The molecule has 0 atom stereocenters. The van der Waals surface area contributed by atoms with Crippen LogP contribution in [0.3, 0.4) is 0 Å². The quantitative estimate of drug-likeness (QED) is 0.932. The van der Waals surface area contributed by atoms with Gasteiger partial charge in [0.15, 0.2) is 23.0 Å². The van der Waals surface area contributed by atoms with Gasteiger partial charge in [-0.15, -0.1) is 0 Å². The molecule has 0 saturated carbocycles. The van der Waals surface area contributed by atoms with Crippen LogP contribution < -0.4 is 9.47 Å². The van der Waals surface area contributed by atoms with E-state index in [0.717, 1.165) is 12.0 Å². The largest absolute Gasteiger partial charge is 0.489 e. The van der Waals surface area contributed by atoms with Crippen LogP contribution in [0.4, 0.5) is 0 Å². The van der Waals surface area contributed by atoms with Gasteiger partial charge in [-0.25, -0.2) is 4.79 Å². The van der Waals surface area contributed by atoms with Gasteiger partial charge >= 0.3 is 5.97 Å². The highest BCUT2D eigenvalue weighted by molar-refractivity contribution is 6.32. The Morgan fingerprint density at radius 1 is 1.32 bits per heavy atom.